The van der Waals surface area contributed by atoms with Gasteiger partial charge in [0.25, 0.3) is 0 Å². The van der Waals surface area contributed by atoms with E-state index in [4.69, 9.17) is 0 Å². The summed E-state index contributed by atoms with van der Waals surface area (Å²) >= 11 is 0. The summed E-state index contributed by atoms with van der Waals surface area (Å²) in [5.41, 5.74) is 0.678. The van der Waals surface area contributed by atoms with Crippen LogP contribution in [0.2, 0.25) is 0 Å². The molecule has 1 atom stereocenters. The fraction of sp³-hybridized carbons (Fsp3) is 0.692. The Balaban J connectivity index is 1.81. The van der Waals surface area contributed by atoms with Gasteiger partial charge in [0.05, 0.1) is 0 Å². The van der Waals surface area contributed by atoms with Crippen LogP contribution in [-0.4, -0.2) is 50.9 Å². The molecule has 2 aromatic rings. The number of hydrogen-bond acceptors (Lipinski definition) is 6. The second kappa shape index (κ2) is 5.70. The first kappa shape index (κ1) is 13.2. The third-order valence-corrected chi connectivity index (χ3v) is 3.83. The minimum Gasteiger partial charge on any atom is -0.352 e. The van der Waals surface area contributed by atoms with Crippen molar-refractivity contribution in [3.63, 3.8) is 0 Å². The predicted molar refractivity (Wildman–Crippen MR) is 76.7 cm³/mol. The molecule has 3 rings (SSSR count). The average Bonchev–Trinajstić information content (AvgIpc) is 2.93. The number of fused-ring (bicyclic) bond motifs is 1. The fourth-order valence-corrected chi connectivity index (χ4v) is 2.72. The molecule has 108 valence electrons. The molecule has 1 aliphatic rings. The number of piperidine rings is 1. The Morgan fingerprint density at radius 2 is 2.35 bits per heavy atom. The van der Waals surface area contributed by atoms with Gasteiger partial charge in [-0.1, -0.05) is 0 Å². The summed E-state index contributed by atoms with van der Waals surface area (Å²) in [6.45, 7) is 7.65. The van der Waals surface area contributed by atoms with Crippen LogP contribution in [0.1, 0.15) is 26.7 Å². The van der Waals surface area contributed by atoms with Crippen LogP contribution in [0.25, 0.3) is 5.65 Å². The monoisotopic (exact) mass is 275 g/mol. The molecule has 3 heterocycles. The molecule has 7 heteroatoms. The highest BCUT2D eigenvalue weighted by Crippen LogP contribution is 2.19. The minimum absolute atomic E-state index is 0.401. The Kier molecular flexibility index (Phi) is 3.77. The van der Waals surface area contributed by atoms with Gasteiger partial charge in [0.15, 0.2) is 11.5 Å². The van der Waals surface area contributed by atoms with Crippen molar-refractivity contribution in [1.29, 1.82) is 0 Å². The van der Waals surface area contributed by atoms with Crippen LogP contribution in [-0.2, 0) is 0 Å². The molecular weight excluding hydrogens is 254 g/mol. The van der Waals surface area contributed by atoms with E-state index in [2.05, 4.69) is 44.7 Å². The van der Waals surface area contributed by atoms with Gasteiger partial charge in [-0.05, 0) is 68.3 Å². The van der Waals surface area contributed by atoms with Crippen molar-refractivity contribution >= 4 is 11.5 Å². The number of nitrogens with one attached hydrogen (secondary N) is 1. The molecular formula is C13H21N7. The lowest BCUT2D eigenvalue weighted by Crippen LogP contribution is -2.41. The number of anilines is 1. The first-order chi connectivity index (χ1) is 9.74. The van der Waals surface area contributed by atoms with E-state index in [1.54, 1.807) is 0 Å². The van der Waals surface area contributed by atoms with Crippen molar-refractivity contribution in [3.05, 3.63) is 12.1 Å². The van der Waals surface area contributed by atoms with E-state index in [0.717, 1.165) is 25.5 Å². The molecule has 0 spiro atoms. The molecule has 1 N–H and O–H groups in total. The lowest BCUT2D eigenvalue weighted by Gasteiger charge is -2.33. The Morgan fingerprint density at radius 1 is 1.45 bits per heavy atom. The molecule has 1 fully saturated rings. The van der Waals surface area contributed by atoms with Crippen LogP contribution in [0.5, 0.6) is 0 Å². The molecule has 1 saturated heterocycles. The largest absolute Gasteiger partial charge is 0.352 e. The molecule has 0 bridgehead atoms. The Morgan fingerprint density at radius 3 is 3.10 bits per heavy atom. The molecule has 0 aliphatic carbocycles. The van der Waals surface area contributed by atoms with Gasteiger partial charge in [-0.15, -0.1) is 14.8 Å². The number of rotatable bonds is 4. The zero-order chi connectivity index (χ0) is 13.9. The number of hydrogen-bond donors (Lipinski definition) is 1. The van der Waals surface area contributed by atoms with E-state index in [9.17, 15) is 0 Å². The second-order valence-corrected chi connectivity index (χ2v) is 5.68. The summed E-state index contributed by atoms with van der Waals surface area (Å²) in [6.07, 6.45) is 2.54. The molecule has 7 nitrogen and oxygen atoms in total. The number of tetrazole rings is 1. The summed E-state index contributed by atoms with van der Waals surface area (Å²) < 4.78 is 1.49. The van der Waals surface area contributed by atoms with Crippen LogP contribution in [0.4, 0.5) is 5.82 Å². The van der Waals surface area contributed by atoms with Crippen LogP contribution in [0.15, 0.2) is 12.1 Å². The standard InChI is InChI=1S/C13H21N7/c1-10(2)19(9-11-4-3-7-14-8-11)13-6-5-12-15-17-18-20(12)16-13/h5-6,10-11,14H,3-4,7-9H2,1-2H3. The molecule has 1 unspecified atom stereocenters. The highest BCUT2D eigenvalue weighted by atomic mass is 15.6. The summed E-state index contributed by atoms with van der Waals surface area (Å²) in [4.78, 5) is 2.33. The number of nitrogens with zero attached hydrogens (tertiary/aromatic N) is 6. The SMILES string of the molecule is CC(C)N(CC1CCCNC1)c1ccc2nnnn2n1. The zero-order valence-corrected chi connectivity index (χ0v) is 12.0. The van der Waals surface area contributed by atoms with Crippen LogP contribution >= 0.6 is 0 Å². The van der Waals surface area contributed by atoms with E-state index in [-0.39, 0.29) is 0 Å². The van der Waals surface area contributed by atoms with Gasteiger partial charge < -0.3 is 10.2 Å². The van der Waals surface area contributed by atoms with Gasteiger partial charge in [-0.25, -0.2) is 0 Å². The van der Waals surface area contributed by atoms with Crippen LogP contribution in [0.3, 0.4) is 0 Å². The van der Waals surface area contributed by atoms with E-state index < -0.39 is 0 Å². The van der Waals surface area contributed by atoms with Gasteiger partial charge in [0.1, 0.15) is 0 Å². The molecule has 0 aromatic carbocycles. The number of aromatic nitrogens is 5. The summed E-state index contributed by atoms with van der Waals surface area (Å²) in [5, 5.41) is 19.4. The molecule has 0 saturated carbocycles. The first-order valence-electron chi connectivity index (χ1n) is 7.27. The normalized spacial score (nSPS) is 19.6. The second-order valence-electron chi connectivity index (χ2n) is 5.68. The zero-order valence-electron chi connectivity index (χ0n) is 12.0. The van der Waals surface area contributed by atoms with E-state index in [1.165, 1.54) is 17.5 Å². The quantitative estimate of drug-likeness (QED) is 0.887. The summed E-state index contributed by atoms with van der Waals surface area (Å²) in [6, 6.07) is 4.32. The van der Waals surface area contributed by atoms with E-state index >= 15 is 0 Å². The van der Waals surface area contributed by atoms with Crippen molar-refractivity contribution in [2.45, 2.75) is 32.7 Å². The lowest BCUT2D eigenvalue weighted by atomic mass is 9.98. The highest BCUT2D eigenvalue weighted by molar-refractivity contribution is 5.44. The minimum atomic E-state index is 0.401. The third kappa shape index (κ3) is 2.72. The first-order valence-corrected chi connectivity index (χ1v) is 7.27. The van der Waals surface area contributed by atoms with Crippen molar-refractivity contribution in [3.8, 4) is 0 Å². The Bertz CT molecular complexity index is 559. The van der Waals surface area contributed by atoms with Gasteiger partial charge in [0.2, 0.25) is 0 Å². The molecule has 0 radical (unpaired) electrons. The Labute approximate surface area is 118 Å². The topological polar surface area (TPSA) is 71.2 Å². The fourth-order valence-electron chi connectivity index (χ4n) is 2.72. The van der Waals surface area contributed by atoms with Crippen LogP contribution < -0.4 is 10.2 Å². The average molecular weight is 275 g/mol. The van der Waals surface area contributed by atoms with Gasteiger partial charge in [-0.2, -0.15) is 0 Å². The van der Waals surface area contributed by atoms with Crippen molar-refractivity contribution in [1.82, 2.24) is 30.6 Å². The molecule has 1 aliphatic heterocycles. The highest BCUT2D eigenvalue weighted by Gasteiger charge is 2.20. The van der Waals surface area contributed by atoms with Crippen molar-refractivity contribution in [2.75, 3.05) is 24.5 Å². The van der Waals surface area contributed by atoms with Gasteiger partial charge >= 0.3 is 0 Å². The maximum absolute atomic E-state index is 4.51. The maximum atomic E-state index is 4.51. The van der Waals surface area contributed by atoms with Crippen LogP contribution in [0, 0.1) is 5.92 Å². The van der Waals surface area contributed by atoms with Crippen molar-refractivity contribution in [2.24, 2.45) is 5.92 Å². The third-order valence-electron chi connectivity index (χ3n) is 3.83. The van der Waals surface area contributed by atoms with E-state index in [1.807, 2.05) is 12.1 Å². The van der Waals surface area contributed by atoms with E-state index in [0.29, 0.717) is 17.6 Å². The lowest BCUT2D eigenvalue weighted by molar-refractivity contribution is 0.370. The molecule has 20 heavy (non-hydrogen) atoms. The summed E-state index contributed by atoms with van der Waals surface area (Å²) in [7, 11) is 0. The van der Waals surface area contributed by atoms with Gasteiger partial charge in [-0.3, -0.25) is 0 Å². The van der Waals surface area contributed by atoms with Crippen molar-refractivity contribution < 1.29 is 0 Å². The molecule has 2 aromatic heterocycles. The molecule has 0 amide bonds. The Hall–Kier alpha value is -1.76. The summed E-state index contributed by atoms with van der Waals surface area (Å²) in [5.74, 6) is 1.61. The predicted octanol–water partition coefficient (Wildman–Crippen LogP) is 0.734. The maximum Gasteiger partial charge on any atom is 0.200 e. The smallest absolute Gasteiger partial charge is 0.200 e. The van der Waals surface area contributed by atoms with Gasteiger partial charge in [0, 0.05) is 12.6 Å².